The second-order valence-corrected chi connectivity index (χ2v) is 7.92. The van der Waals surface area contributed by atoms with Crippen molar-refractivity contribution in [2.75, 3.05) is 25.0 Å². The van der Waals surface area contributed by atoms with E-state index in [9.17, 15) is 8.78 Å². The van der Waals surface area contributed by atoms with Crippen LogP contribution >= 0.6 is 0 Å². The highest BCUT2D eigenvalue weighted by atomic mass is 19.3. The molecule has 1 aliphatic rings. The van der Waals surface area contributed by atoms with Crippen LogP contribution in [0.3, 0.4) is 0 Å². The minimum atomic E-state index is -2.20. The van der Waals surface area contributed by atoms with E-state index in [1.54, 1.807) is 4.68 Å². The smallest absolute Gasteiger partial charge is 0.241 e. The van der Waals surface area contributed by atoms with E-state index in [4.69, 9.17) is 0 Å². The molecule has 0 aliphatic carbocycles. The number of piperidine rings is 1. The normalized spacial score (nSPS) is 16.5. The minimum Gasteiger partial charge on any atom is -0.343 e. The van der Waals surface area contributed by atoms with Gasteiger partial charge in [0.1, 0.15) is 5.82 Å². The molecular weight excluding hydrogens is 384 g/mol. The first-order valence-electron chi connectivity index (χ1n) is 10.3. The second-order valence-electron chi connectivity index (χ2n) is 7.92. The topological polar surface area (TPSA) is 46.0 Å². The van der Waals surface area contributed by atoms with Gasteiger partial charge < -0.3 is 5.32 Å². The van der Waals surface area contributed by atoms with E-state index in [2.05, 4.69) is 38.5 Å². The Bertz CT molecular complexity index is 1040. The molecule has 3 heterocycles. The number of nitrogens with zero attached hydrogens (tertiary/aromatic N) is 4. The molecule has 158 valence electrons. The third-order valence-electron chi connectivity index (χ3n) is 5.78. The number of anilines is 1. The largest absolute Gasteiger partial charge is 0.343 e. The summed E-state index contributed by atoms with van der Waals surface area (Å²) in [5.41, 5.74) is 3.22. The number of aromatic nitrogens is 3. The van der Waals surface area contributed by atoms with E-state index >= 15 is 0 Å². The van der Waals surface area contributed by atoms with Gasteiger partial charge in [-0.3, -0.25) is 9.58 Å². The van der Waals surface area contributed by atoms with Crippen LogP contribution in [0, 0.1) is 5.92 Å². The van der Waals surface area contributed by atoms with Gasteiger partial charge in [0.2, 0.25) is 6.43 Å². The predicted octanol–water partition coefficient (Wildman–Crippen LogP) is 4.93. The molecule has 30 heavy (non-hydrogen) atoms. The van der Waals surface area contributed by atoms with Gasteiger partial charge in [0, 0.05) is 48.6 Å². The lowest BCUT2D eigenvalue weighted by Gasteiger charge is -2.32. The van der Waals surface area contributed by atoms with Crippen molar-refractivity contribution in [3.05, 3.63) is 54.6 Å². The minimum absolute atomic E-state index is 0.459. The molecule has 0 spiro atoms. The molecule has 5 nitrogen and oxygen atoms in total. The van der Waals surface area contributed by atoms with E-state index in [1.165, 1.54) is 0 Å². The first kappa shape index (κ1) is 20.5. The highest BCUT2D eigenvalue weighted by Gasteiger charge is 2.26. The Balaban J connectivity index is 1.45. The fourth-order valence-corrected chi connectivity index (χ4v) is 3.93. The number of aryl methyl sites for hydroxylation is 1. The van der Waals surface area contributed by atoms with Crippen LogP contribution in [0.5, 0.6) is 0 Å². The number of hydrogen-bond acceptors (Lipinski definition) is 4. The molecule has 1 fully saturated rings. The van der Waals surface area contributed by atoms with Gasteiger partial charge in [-0.15, -0.1) is 0 Å². The zero-order valence-corrected chi connectivity index (χ0v) is 17.4. The van der Waals surface area contributed by atoms with E-state index < -0.39 is 12.3 Å². The average Bonchev–Trinajstić information content (AvgIpc) is 3.19. The fraction of sp³-hybridized carbons (Fsp3) is 0.391. The van der Waals surface area contributed by atoms with Crippen molar-refractivity contribution < 1.29 is 8.78 Å². The van der Waals surface area contributed by atoms with Crippen LogP contribution in [-0.2, 0) is 7.05 Å². The molecule has 0 atom stereocenters. The monoisotopic (exact) mass is 411 g/mol. The summed E-state index contributed by atoms with van der Waals surface area (Å²) in [6, 6.07) is 8.33. The maximum absolute atomic E-state index is 12.9. The fourth-order valence-electron chi connectivity index (χ4n) is 3.93. The van der Waals surface area contributed by atoms with Gasteiger partial charge in [0.15, 0.2) is 0 Å². The van der Waals surface area contributed by atoms with Gasteiger partial charge in [-0.25, -0.2) is 13.8 Å². The number of pyridine rings is 1. The lowest BCUT2D eigenvalue weighted by Crippen LogP contribution is -2.37. The Morgan fingerprint density at radius 3 is 2.63 bits per heavy atom. The van der Waals surface area contributed by atoms with Crippen LogP contribution in [-0.4, -0.2) is 45.7 Å². The molecular formula is C23H27F2N5. The maximum Gasteiger partial charge on any atom is 0.241 e. The molecule has 0 unspecified atom stereocenters. The molecule has 1 saturated heterocycles. The number of nitrogens with one attached hydrogen (secondary N) is 1. The molecule has 0 amide bonds. The highest BCUT2D eigenvalue weighted by molar-refractivity contribution is 5.88. The molecule has 1 aromatic carbocycles. The molecule has 0 saturated carbocycles. The van der Waals surface area contributed by atoms with Crippen LogP contribution in [0.15, 0.2) is 54.6 Å². The van der Waals surface area contributed by atoms with Crippen molar-refractivity contribution >= 4 is 16.6 Å². The predicted molar refractivity (Wildman–Crippen MR) is 116 cm³/mol. The van der Waals surface area contributed by atoms with Crippen molar-refractivity contribution in [3.63, 3.8) is 0 Å². The second kappa shape index (κ2) is 8.92. The van der Waals surface area contributed by atoms with Gasteiger partial charge in [-0.2, -0.15) is 5.10 Å². The third kappa shape index (κ3) is 4.67. The SMILES string of the molecule is C/C=C(\CN1CCC(C(F)F)CC1)Nc1cc2cc(-c3cnn(C)c3)ccc2cn1. The zero-order chi connectivity index (χ0) is 21.1. The van der Waals surface area contributed by atoms with Gasteiger partial charge in [0.05, 0.1) is 6.20 Å². The lowest BCUT2D eigenvalue weighted by atomic mass is 9.97. The van der Waals surface area contributed by atoms with Crippen molar-refractivity contribution in [1.29, 1.82) is 0 Å². The lowest BCUT2D eigenvalue weighted by molar-refractivity contribution is 0.0373. The Kier molecular flexibility index (Phi) is 6.08. The van der Waals surface area contributed by atoms with Crippen molar-refractivity contribution in [2.24, 2.45) is 13.0 Å². The molecule has 1 N–H and O–H groups in total. The molecule has 2 aromatic heterocycles. The summed E-state index contributed by atoms with van der Waals surface area (Å²) in [5.74, 6) is 0.320. The van der Waals surface area contributed by atoms with E-state index in [0.29, 0.717) is 32.5 Å². The number of likely N-dealkylation sites (tertiary alicyclic amines) is 1. The van der Waals surface area contributed by atoms with Crippen molar-refractivity contribution in [3.8, 4) is 11.1 Å². The van der Waals surface area contributed by atoms with Gasteiger partial charge in [-0.05, 0) is 55.9 Å². The maximum atomic E-state index is 12.9. The highest BCUT2D eigenvalue weighted by Crippen LogP contribution is 2.26. The van der Waals surface area contributed by atoms with E-state index in [-0.39, 0.29) is 0 Å². The van der Waals surface area contributed by atoms with Crippen molar-refractivity contribution in [2.45, 2.75) is 26.2 Å². The van der Waals surface area contributed by atoms with Crippen molar-refractivity contribution in [1.82, 2.24) is 19.7 Å². The number of halogens is 2. The zero-order valence-electron chi connectivity index (χ0n) is 17.4. The van der Waals surface area contributed by atoms with Gasteiger partial charge >= 0.3 is 0 Å². The number of alkyl halides is 2. The van der Waals surface area contributed by atoms with Gasteiger partial charge in [0.25, 0.3) is 0 Å². The molecule has 7 heteroatoms. The summed E-state index contributed by atoms with van der Waals surface area (Å²) < 4.78 is 27.5. The first-order chi connectivity index (χ1) is 14.5. The molecule has 0 bridgehead atoms. The summed E-state index contributed by atoms with van der Waals surface area (Å²) in [6.45, 7) is 4.10. The number of fused-ring (bicyclic) bond motifs is 1. The number of rotatable bonds is 6. The molecule has 4 rings (SSSR count). The Labute approximate surface area is 175 Å². The summed E-state index contributed by atoms with van der Waals surface area (Å²) in [7, 11) is 1.91. The molecule has 3 aromatic rings. The Hall–Kier alpha value is -2.80. The molecule has 0 radical (unpaired) electrons. The molecule has 1 aliphatic heterocycles. The third-order valence-corrected chi connectivity index (χ3v) is 5.78. The summed E-state index contributed by atoms with van der Waals surface area (Å²) in [6.07, 6.45) is 6.65. The number of hydrogen-bond donors (Lipinski definition) is 1. The van der Waals surface area contributed by atoms with Crippen LogP contribution in [0.1, 0.15) is 19.8 Å². The van der Waals surface area contributed by atoms with Crippen LogP contribution in [0.4, 0.5) is 14.6 Å². The first-order valence-corrected chi connectivity index (χ1v) is 10.3. The van der Waals surface area contributed by atoms with Crippen LogP contribution in [0.25, 0.3) is 21.9 Å². The van der Waals surface area contributed by atoms with Gasteiger partial charge in [-0.1, -0.05) is 18.2 Å². The Morgan fingerprint density at radius 2 is 1.97 bits per heavy atom. The Morgan fingerprint density at radius 1 is 1.17 bits per heavy atom. The summed E-state index contributed by atoms with van der Waals surface area (Å²) in [4.78, 5) is 6.77. The van der Waals surface area contributed by atoms with E-state index in [1.807, 2.05) is 44.7 Å². The number of benzene rings is 1. The average molecular weight is 412 g/mol. The van der Waals surface area contributed by atoms with E-state index in [0.717, 1.165) is 33.4 Å². The summed E-state index contributed by atoms with van der Waals surface area (Å²) >= 11 is 0. The van der Waals surface area contributed by atoms with Crippen LogP contribution in [0.2, 0.25) is 0 Å². The van der Waals surface area contributed by atoms with Crippen LogP contribution < -0.4 is 5.32 Å². The summed E-state index contributed by atoms with van der Waals surface area (Å²) in [5, 5.41) is 9.83. The standard InChI is InChI=1S/C23H27F2N5/c1-3-21(15-30-8-6-16(7-9-30)23(24)25)28-22-11-19-10-17(4-5-18(19)12-26-22)20-13-27-29(2)14-20/h3-5,10-14,16,23H,6-9,15H2,1-2H3,(H,26,28)/b21-3+. The quantitative estimate of drug-likeness (QED) is 0.625. The number of allylic oxidation sites excluding steroid dienone is 1.